The van der Waals surface area contributed by atoms with Crippen LogP contribution < -0.4 is 0 Å². The van der Waals surface area contributed by atoms with Crippen LogP contribution in [-0.2, 0) is 13.1 Å². The van der Waals surface area contributed by atoms with E-state index in [2.05, 4.69) is 15.9 Å². The van der Waals surface area contributed by atoms with Crippen molar-refractivity contribution in [3.8, 4) is 5.75 Å². The standard InChI is InChI=1S/C22H30N2O3/c25-16-20-15-24(14-19-4-11-27-17-19)10-7-22(20)5-8-23(9-6-22)13-18-2-1-3-21(26)12-18/h1-4,11-12,17,20,25-26H,5-10,13-16H2. The number of phenolic OH excluding ortho intramolecular Hbond substituents is 1. The van der Waals surface area contributed by atoms with Gasteiger partial charge < -0.3 is 14.6 Å². The van der Waals surface area contributed by atoms with E-state index in [1.54, 1.807) is 12.3 Å². The Balaban J connectivity index is 1.34. The van der Waals surface area contributed by atoms with Gasteiger partial charge >= 0.3 is 0 Å². The summed E-state index contributed by atoms with van der Waals surface area (Å²) in [5.74, 6) is 0.687. The van der Waals surface area contributed by atoms with Crippen molar-refractivity contribution in [1.82, 2.24) is 9.80 Å². The highest BCUT2D eigenvalue weighted by Gasteiger charge is 2.44. The molecule has 5 heteroatoms. The van der Waals surface area contributed by atoms with Gasteiger partial charge in [0.15, 0.2) is 0 Å². The second kappa shape index (κ2) is 8.05. The Labute approximate surface area is 161 Å². The summed E-state index contributed by atoms with van der Waals surface area (Å²) in [5, 5.41) is 19.8. The van der Waals surface area contributed by atoms with Crippen LogP contribution in [-0.4, -0.2) is 52.8 Å². The Hall–Kier alpha value is -1.82. The normalized spacial score (nSPS) is 23.7. The minimum absolute atomic E-state index is 0.272. The lowest BCUT2D eigenvalue weighted by atomic mass is 9.64. The first kappa shape index (κ1) is 18.5. The molecular formula is C22H30N2O3. The van der Waals surface area contributed by atoms with Gasteiger partial charge in [0.1, 0.15) is 5.75 Å². The third-order valence-corrected chi connectivity index (χ3v) is 6.65. The fourth-order valence-electron chi connectivity index (χ4n) is 4.95. The van der Waals surface area contributed by atoms with E-state index < -0.39 is 0 Å². The Morgan fingerprint density at radius 1 is 1.00 bits per heavy atom. The molecule has 5 nitrogen and oxygen atoms in total. The highest BCUT2D eigenvalue weighted by atomic mass is 16.3. The molecule has 0 bridgehead atoms. The van der Waals surface area contributed by atoms with Gasteiger partial charge in [0.05, 0.1) is 12.5 Å². The van der Waals surface area contributed by atoms with Gasteiger partial charge in [-0.25, -0.2) is 0 Å². The van der Waals surface area contributed by atoms with Crippen LogP contribution >= 0.6 is 0 Å². The van der Waals surface area contributed by atoms with E-state index in [1.807, 2.05) is 24.5 Å². The highest BCUT2D eigenvalue weighted by molar-refractivity contribution is 5.27. The summed E-state index contributed by atoms with van der Waals surface area (Å²) < 4.78 is 5.19. The molecule has 0 saturated carbocycles. The van der Waals surface area contributed by atoms with Crippen molar-refractivity contribution in [1.29, 1.82) is 0 Å². The minimum atomic E-state index is 0.272. The third kappa shape index (κ3) is 4.21. The third-order valence-electron chi connectivity index (χ3n) is 6.65. The highest BCUT2D eigenvalue weighted by Crippen LogP contribution is 2.45. The van der Waals surface area contributed by atoms with Gasteiger partial charge in [-0.3, -0.25) is 9.80 Å². The molecule has 0 amide bonds. The van der Waals surface area contributed by atoms with E-state index in [4.69, 9.17) is 4.42 Å². The summed E-state index contributed by atoms with van der Waals surface area (Å²) in [6.07, 6.45) is 7.01. The van der Waals surface area contributed by atoms with Crippen LogP contribution in [0.4, 0.5) is 0 Å². The predicted molar refractivity (Wildman–Crippen MR) is 104 cm³/mol. The zero-order valence-corrected chi connectivity index (χ0v) is 15.9. The zero-order valence-electron chi connectivity index (χ0n) is 15.9. The van der Waals surface area contributed by atoms with Crippen molar-refractivity contribution >= 4 is 0 Å². The first-order chi connectivity index (χ1) is 13.2. The molecule has 1 atom stereocenters. The summed E-state index contributed by atoms with van der Waals surface area (Å²) >= 11 is 0. The number of hydrogen-bond donors (Lipinski definition) is 2. The van der Waals surface area contributed by atoms with Gasteiger partial charge in [0.2, 0.25) is 0 Å². The van der Waals surface area contributed by atoms with Crippen LogP contribution in [0, 0.1) is 11.3 Å². The average molecular weight is 370 g/mol. The molecular weight excluding hydrogens is 340 g/mol. The number of piperidine rings is 2. The molecule has 2 aliphatic rings. The lowest BCUT2D eigenvalue weighted by Gasteiger charge is -2.51. The molecule has 4 rings (SSSR count). The largest absolute Gasteiger partial charge is 0.508 e. The molecule has 2 aliphatic heterocycles. The van der Waals surface area contributed by atoms with E-state index in [0.717, 1.165) is 58.5 Å². The van der Waals surface area contributed by atoms with E-state index >= 15 is 0 Å². The molecule has 1 spiro atoms. The fraction of sp³-hybridized carbons (Fsp3) is 0.545. The Kier molecular flexibility index (Phi) is 5.53. The lowest BCUT2D eigenvalue weighted by molar-refractivity contribution is -0.0450. The lowest BCUT2D eigenvalue weighted by Crippen LogP contribution is -2.53. The van der Waals surface area contributed by atoms with Crippen LogP contribution in [0.3, 0.4) is 0 Å². The number of aliphatic hydroxyl groups excluding tert-OH is 1. The van der Waals surface area contributed by atoms with Crippen LogP contribution in [0.15, 0.2) is 47.3 Å². The smallest absolute Gasteiger partial charge is 0.115 e. The Morgan fingerprint density at radius 3 is 2.41 bits per heavy atom. The number of benzene rings is 1. The van der Waals surface area contributed by atoms with Crippen LogP contribution in [0.25, 0.3) is 0 Å². The maximum Gasteiger partial charge on any atom is 0.115 e. The van der Waals surface area contributed by atoms with Gasteiger partial charge in [-0.1, -0.05) is 12.1 Å². The molecule has 2 N–H and O–H groups in total. The molecule has 2 aromatic rings. The maximum absolute atomic E-state index is 10.1. The van der Waals surface area contributed by atoms with Gasteiger partial charge in [-0.2, -0.15) is 0 Å². The summed E-state index contributed by atoms with van der Waals surface area (Å²) in [6, 6.07) is 9.59. The average Bonchev–Trinajstić information content (AvgIpc) is 3.18. The van der Waals surface area contributed by atoms with Crippen molar-refractivity contribution in [2.45, 2.75) is 32.4 Å². The molecule has 146 valence electrons. The number of nitrogens with zero attached hydrogens (tertiary/aromatic N) is 2. The van der Waals surface area contributed by atoms with Crippen molar-refractivity contribution < 1.29 is 14.6 Å². The second-order valence-corrected chi connectivity index (χ2v) is 8.30. The van der Waals surface area contributed by atoms with Crippen LogP contribution in [0.1, 0.15) is 30.4 Å². The number of hydrogen-bond acceptors (Lipinski definition) is 5. The molecule has 1 aromatic heterocycles. The van der Waals surface area contributed by atoms with Crippen molar-refractivity contribution in [3.63, 3.8) is 0 Å². The quantitative estimate of drug-likeness (QED) is 0.847. The van der Waals surface area contributed by atoms with E-state index in [1.165, 1.54) is 11.1 Å². The van der Waals surface area contributed by atoms with Crippen molar-refractivity contribution in [2.75, 3.05) is 32.8 Å². The minimum Gasteiger partial charge on any atom is -0.508 e. The fourth-order valence-corrected chi connectivity index (χ4v) is 4.95. The number of rotatable bonds is 5. The Bertz CT molecular complexity index is 723. The summed E-state index contributed by atoms with van der Waals surface area (Å²) in [4.78, 5) is 4.93. The monoisotopic (exact) mass is 370 g/mol. The molecule has 0 aliphatic carbocycles. The van der Waals surface area contributed by atoms with Crippen molar-refractivity contribution in [3.05, 3.63) is 54.0 Å². The molecule has 2 fully saturated rings. The molecule has 3 heterocycles. The van der Waals surface area contributed by atoms with Crippen LogP contribution in [0.2, 0.25) is 0 Å². The number of phenols is 1. The molecule has 1 unspecified atom stereocenters. The van der Waals surface area contributed by atoms with Crippen LogP contribution in [0.5, 0.6) is 5.75 Å². The first-order valence-corrected chi connectivity index (χ1v) is 10.0. The SMILES string of the molecule is OCC1CN(Cc2ccoc2)CCC12CCN(Cc1cccc(O)c1)CC2. The summed E-state index contributed by atoms with van der Waals surface area (Å²) in [7, 11) is 0. The Morgan fingerprint density at radius 2 is 1.74 bits per heavy atom. The molecule has 27 heavy (non-hydrogen) atoms. The molecule has 2 saturated heterocycles. The number of aliphatic hydroxyl groups is 1. The van der Waals surface area contributed by atoms with E-state index in [-0.39, 0.29) is 12.0 Å². The topological polar surface area (TPSA) is 60.1 Å². The first-order valence-electron chi connectivity index (χ1n) is 10.0. The van der Waals surface area contributed by atoms with Gasteiger partial charge in [0.25, 0.3) is 0 Å². The maximum atomic E-state index is 10.1. The summed E-state index contributed by atoms with van der Waals surface area (Å²) in [6.45, 7) is 6.26. The predicted octanol–water partition coefficient (Wildman–Crippen LogP) is 3.08. The molecule has 1 aromatic carbocycles. The zero-order chi connectivity index (χ0) is 18.7. The number of furan rings is 1. The van der Waals surface area contributed by atoms with E-state index in [0.29, 0.717) is 11.7 Å². The van der Waals surface area contributed by atoms with Gasteiger partial charge in [-0.15, -0.1) is 0 Å². The van der Waals surface area contributed by atoms with Gasteiger partial charge in [0, 0.05) is 37.7 Å². The second-order valence-electron chi connectivity index (χ2n) is 8.30. The van der Waals surface area contributed by atoms with E-state index in [9.17, 15) is 10.2 Å². The molecule has 0 radical (unpaired) electrons. The number of likely N-dealkylation sites (tertiary alicyclic amines) is 2. The number of aromatic hydroxyl groups is 1. The summed E-state index contributed by atoms with van der Waals surface area (Å²) in [5.41, 5.74) is 2.65. The van der Waals surface area contributed by atoms with Gasteiger partial charge in [-0.05, 0) is 68.1 Å². The van der Waals surface area contributed by atoms with Crippen molar-refractivity contribution in [2.24, 2.45) is 11.3 Å².